The van der Waals surface area contributed by atoms with Crippen LogP contribution < -0.4 is 5.73 Å². The fourth-order valence-corrected chi connectivity index (χ4v) is 2.08. The highest BCUT2D eigenvalue weighted by molar-refractivity contribution is 5.79. The number of nitriles is 1. The SMILES string of the molecule is N#Cc1ccc2nc(N)n(CCn3ccnc3)c2c1. The van der Waals surface area contributed by atoms with Crippen LogP contribution in [0.2, 0.25) is 0 Å². The average Bonchev–Trinajstić information content (AvgIpc) is 3.03. The zero-order valence-electron chi connectivity index (χ0n) is 10.2. The summed E-state index contributed by atoms with van der Waals surface area (Å²) in [5.41, 5.74) is 8.23. The van der Waals surface area contributed by atoms with Crippen LogP contribution in [0, 0.1) is 11.3 Å². The normalized spacial score (nSPS) is 10.7. The first-order valence-electron chi connectivity index (χ1n) is 5.89. The van der Waals surface area contributed by atoms with Crippen LogP contribution in [0.15, 0.2) is 36.9 Å². The number of aromatic nitrogens is 4. The molecule has 3 rings (SSSR count). The Balaban J connectivity index is 1.97. The number of benzene rings is 1. The molecule has 2 aromatic heterocycles. The van der Waals surface area contributed by atoms with Gasteiger partial charge < -0.3 is 14.9 Å². The summed E-state index contributed by atoms with van der Waals surface area (Å²) in [6.07, 6.45) is 5.40. The van der Waals surface area contributed by atoms with Crippen LogP contribution in [0.25, 0.3) is 11.0 Å². The molecule has 2 N–H and O–H groups in total. The van der Waals surface area contributed by atoms with E-state index in [0.717, 1.165) is 17.6 Å². The highest BCUT2D eigenvalue weighted by Crippen LogP contribution is 2.19. The van der Waals surface area contributed by atoms with E-state index in [1.807, 2.05) is 27.5 Å². The van der Waals surface area contributed by atoms with Crippen molar-refractivity contribution in [2.24, 2.45) is 0 Å². The van der Waals surface area contributed by atoms with Gasteiger partial charge in [-0.1, -0.05) is 0 Å². The van der Waals surface area contributed by atoms with E-state index in [2.05, 4.69) is 16.0 Å². The molecule has 0 saturated heterocycles. The Morgan fingerprint density at radius 3 is 2.95 bits per heavy atom. The fourth-order valence-electron chi connectivity index (χ4n) is 2.08. The first kappa shape index (κ1) is 11.3. The minimum atomic E-state index is 0.463. The van der Waals surface area contributed by atoms with Gasteiger partial charge in [-0.2, -0.15) is 5.26 Å². The molecule has 0 atom stereocenters. The number of aryl methyl sites for hydroxylation is 2. The van der Waals surface area contributed by atoms with E-state index >= 15 is 0 Å². The minimum absolute atomic E-state index is 0.463. The third-order valence-corrected chi connectivity index (χ3v) is 3.05. The smallest absolute Gasteiger partial charge is 0.201 e. The molecule has 1 aromatic carbocycles. The van der Waals surface area contributed by atoms with Crippen molar-refractivity contribution in [1.29, 1.82) is 5.26 Å². The van der Waals surface area contributed by atoms with E-state index in [9.17, 15) is 0 Å². The molecule has 2 heterocycles. The van der Waals surface area contributed by atoms with Gasteiger partial charge in [0.2, 0.25) is 5.95 Å². The lowest BCUT2D eigenvalue weighted by atomic mass is 10.2. The Kier molecular flexibility index (Phi) is 2.65. The van der Waals surface area contributed by atoms with Crippen LogP contribution in [0.3, 0.4) is 0 Å². The summed E-state index contributed by atoms with van der Waals surface area (Å²) in [4.78, 5) is 8.29. The molecule has 0 aliphatic heterocycles. The number of anilines is 1. The summed E-state index contributed by atoms with van der Waals surface area (Å²) >= 11 is 0. The van der Waals surface area contributed by atoms with Gasteiger partial charge in [0.25, 0.3) is 0 Å². The predicted molar refractivity (Wildman–Crippen MR) is 71.1 cm³/mol. The predicted octanol–water partition coefficient (Wildman–Crippen LogP) is 1.39. The van der Waals surface area contributed by atoms with Crippen LogP contribution in [0.4, 0.5) is 5.95 Å². The lowest BCUT2D eigenvalue weighted by molar-refractivity contribution is 0.594. The Hall–Kier alpha value is -2.81. The summed E-state index contributed by atoms with van der Waals surface area (Å²) < 4.78 is 3.88. The van der Waals surface area contributed by atoms with Crippen molar-refractivity contribution in [3.8, 4) is 6.07 Å². The number of hydrogen-bond acceptors (Lipinski definition) is 4. The van der Waals surface area contributed by atoms with Gasteiger partial charge in [-0.05, 0) is 18.2 Å². The minimum Gasteiger partial charge on any atom is -0.369 e. The van der Waals surface area contributed by atoms with Crippen molar-refractivity contribution in [2.75, 3.05) is 5.73 Å². The third-order valence-electron chi connectivity index (χ3n) is 3.05. The van der Waals surface area contributed by atoms with E-state index in [1.165, 1.54) is 0 Å². The fraction of sp³-hybridized carbons (Fsp3) is 0.154. The van der Waals surface area contributed by atoms with Crippen molar-refractivity contribution in [1.82, 2.24) is 19.1 Å². The van der Waals surface area contributed by atoms with Gasteiger partial charge in [0, 0.05) is 25.5 Å². The van der Waals surface area contributed by atoms with Gasteiger partial charge >= 0.3 is 0 Å². The van der Waals surface area contributed by atoms with Crippen molar-refractivity contribution in [3.05, 3.63) is 42.5 Å². The first-order valence-corrected chi connectivity index (χ1v) is 5.89. The summed E-state index contributed by atoms with van der Waals surface area (Å²) in [5.74, 6) is 0.463. The number of hydrogen-bond donors (Lipinski definition) is 1. The number of nitrogen functional groups attached to an aromatic ring is 1. The second-order valence-corrected chi connectivity index (χ2v) is 4.24. The highest BCUT2D eigenvalue weighted by Gasteiger charge is 2.08. The second-order valence-electron chi connectivity index (χ2n) is 4.24. The molecule has 0 unspecified atom stereocenters. The molecular formula is C13H12N6. The van der Waals surface area contributed by atoms with Gasteiger partial charge in [-0.3, -0.25) is 0 Å². The van der Waals surface area contributed by atoms with E-state index in [-0.39, 0.29) is 0 Å². The highest BCUT2D eigenvalue weighted by atomic mass is 15.2. The molecule has 0 radical (unpaired) electrons. The number of rotatable bonds is 3. The topological polar surface area (TPSA) is 85.5 Å². The van der Waals surface area contributed by atoms with Crippen LogP contribution in [-0.2, 0) is 13.1 Å². The van der Waals surface area contributed by atoms with Crippen LogP contribution in [0.5, 0.6) is 0 Å². The Morgan fingerprint density at radius 1 is 1.32 bits per heavy atom. The van der Waals surface area contributed by atoms with Crippen LogP contribution in [-0.4, -0.2) is 19.1 Å². The first-order chi connectivity index (χ1) is 9.28. The monoisotopic (exact) mass is 252 g/mol. The summed E-state index contributed by atoms with van der Waals surface area (Å²) in [7, 11) is 0. The molecule has 6 heteroatoms. The van der Waals surface area contributed by atoms with E-state index in [1.54, 1.807) is 18.6 Å². The lowest BCUT2D eigenvalue weighted by Gasteiger charge is -2.07. The third kappa shape index (κ3) is 2.02. The number of nitrogens with zero attached hydrogens (tertiary/aromatic N) is 5. The van der Waals surface area contributed by atoms with Gasteiger partial charge in [0.1, 0.15) is 0 Å². The number of nitrogens with two attached hydrogens (primary N) is 1. The average molecular weight is 252 g/mol. The molecular weight excluding hydrogens is 240 g/mol. The second kappa shape index (κ2) is 4.46. The number of fused-ring (bicyclic) bond motifs is 1. The summed E-state index contributed by atoms with van der Waals surface area (Å²) in [6, 6.07) is 7.50. The van der Waals surface area contributed by atoms with Crippen LogP contribution >= 0.6 is 0 Å². The molecule has 0 aliphatic rings. The Morgan fingerprint density at radius 2 is 2.21 bits per heavy atom. The maximum absolute atomic E-state index is 8.95. The van der Waals surface area contributed by atoms with E-state index in [0.29, 0.717) is 18.1 Å². The molecule has 19 heavy (non-hydrogen) atoms. The Bertz CT molecular complexity index is 747. The van der Waals surface area contributed by atoms with Crippen molar-refractivity contribution >= 4 is 17.0 Å². The van der Waals surface area contributed by atoms with Crippen molar-refractivity contribution in [3.63, 3.8) is 0 Å². The number of imidazole rings is 2. The van der Waals surface area contributed by atoms with Gasteiger partial charge in [0.15, 0.2) is 0 Å². The summed E-state index contributed by atoms with van der Waals surface area (Å²) in [6.45, 7) is 1.44. The lowest BCUT2D eigenvalue weighted by Crippen LogP contribution is -2.08. The molecule has 0 bridgehead atoms. The quantitative estimate of drug-likeness (QED) is 0.763. The van der Waals surface area contributed by atoms with Crippen LogP contribution in [0.1, 0.15) is 5.56 Å². The zero-order valence-corrected chi connectivity index (χ0v) is 10.2. The van der Waals surface area contributed by atoms with Crippen molar-refractivity contribution < 1.29 is 0 Å². The summed E-state index contributed by atoms with van der Waals surface area (Å²) in [5, 5.41) is 8.95. The zero-order chi connectivity index (χ0) is 13.2. The van der Waals surface area contributed by atoms with E-state index in [4.69, 9.17) is 11.0 Å². The van der Waals surface area contributed by atoms with Gasteiger partial charge in [-0.15, -0.1) is 0 Å². The maximum atomic E-state index is 8.95. The molecule has 6 nitrogen and oxygen atoms in total. The molecule has 0 aliphatic carbocycles. The molecule has 94 valence electrons. The molecule has 0 spiro atoms. The molecule has 0 saturated carbocycles. The maximum Gasteiger partial charge on any atom is 0.201 e. The molecule has 0 fully saturated rings. The van der Waals surface area contributed by atoms with Crippen molar-refractivity contribution in [2.45, 2.75) is 13.1 Å². The largest absolute Gasteiger partial charge is 0.369 e. The van der Waals surface area contributed by atoms with Gasteiger partial charge in [0.05, 0.1) is 29.0 Å². The Labute approximate surface area is 109 Å². The standard InChI is InChI=1S/C13H12N6/c14-8-10-1-2-11-12(7-10)19(13(15)17-11)6-5-18-4-3-16-9-18/h1-4,7,9H,5-6H2,(H2,15,17). The van der Waals surface area contributed by atoms with Gasteiger partial charge in [-0.25, -0.2) is 9.97 Å². The van der Waals surface area contributed by atoms with E-state index < -0.39 is 0 Å². The molecule has 0 amide bonds. The molecule has 3 aromatic rings.